The van der Waals surface area contributed by atoms with Crippen LogP contribution >= 0.6 is 0 Å². The lowest BCUT2D eigenvalue weighted by Gasteiger charge is -2.19. The number of nitrogens with two attached hydrogens (primary N) is 1. The maximum atomic E-state index is 5.92. The van der Waals surface area contributed by atoms with E-state index >= 15 is 0 Å². The van der Waals surface area contributed by atoms with Gasteiger partial charge in [-0.2, -0.15) is 0 Å². The van der Waals surface area contributed by atoms with Crippen molar-refractivity contribution in [2.24, 2.45) is 5.73 Å². The molecule has 0 aliphatic heterocycles. The Balaban J connectivity index is 2.21. The standard InChI is InChI=1S/C15H23N3OSi/c1-10-14(18-11(2)17-10)8-12-5-6-15(19-20(3)4)13(7-12)9-16/h5-6,8,20H,7,9,16H2,1-4H3,(H,17,18). The van der Waals surface area contributed by atoms with Gasteiger partial charge in [0.15, 0.2) is 0 Å². The Kier molecular flexibility index (Phi) is 4.62. The minimum atomic E-state index is -1.09. The quantitative estimate of drug-likeness (QED) is 0.837. The molecule has 3 N–H and O–H groups in total. The molecule has 1 aromatic rings. The van der Waals surface area contributed by atoms with Crippen molar-refractivity contribution in [2.45, 2.75) is 33.4 Å². The van der Waals surface area contributed by atoms with Crippen LogP contribution < -0.4 is 5.73 Å². The van der Waals surface area contributed by atoms with E-state index in [0.717, 1.165) is 29.4 Å². The molecule has 1 aliphatic rings. The van der Waals surface area contributed by atoms with E-state index in [1.54, 1.807) is 0 Å². The zero-order valence-electron chi connectivity index (χ0n) is 12.7. The minimum absolute atomic E-state index is 0.538. The zero-order chi connectivity index (χ0) is 14.7. The number of nitrogens with zero attached hydrogens (tertiary/aromatic N) is 1. The molecule has 1 heterocycles. The van der Waals surface area contributed by atoms with Crippen LogP contribution in [0.15, 0.2) is 29.1 Å². The molecule has 1 aromatic heterocycles. The predicted octanol–water partition coefficient (Wildman–Crippen LogP) is 2.58. The van der Waals surface area contributed by atoms with Crippen molar-refractivity contribution < 1.29 is 4.43 Å². The van der Waals surface area contributed by atoms with Crippen LogP contribution in [0.25, 0.3) is 6.08 Å². The number of nitrogens with one attached hydrogen (secondary N) is 1. The monoisotopic (exact) mass is 289 g/mol. The number of hydrogen-bond donors (Lipinski definition) is 2. The highest BCUT2D eigenvalue weighted by molar-refractivity contribution is 6.48. The van der Waals surface area contributed by atoms with Gasteiger partial charge in [0.25, 0.3) is 0 Å². The molecule has 0 unspecified atom stereocenters. The lowest BCUT2D eigenvalue weighted by atomic mass is 9.97. The molecular weight excluding hydrogens is 266 g/mol. The molecule has 0 spiro atoms. The number of hydrogen-bond acceptors (Lipinski definition) is 3. The highest BCUT2D eigenvalue weighted by Crippen LogP contribution is 2.25. The zero-order valence-corrected chi connectivity index (χ0v) is 13.8. The van der Waals surface area contributed by atoms with Crippen molar-refractivity contribution in [3.8, 4) is 0 Å². The summed E-state index contributed by atoms with van der Waals surface area (Å²) >= 11 is 0. The van der Waals surface area contributed by atoms with E-state index in [0.29, 0.717) is 6.54 Å². The van der Waals surface area contributed by atoms with Crippen molar-refractivity contribution in [1.29, 1.82) is 0 Å². The van der Waals surface area contributed by atoms with Gasteiger partial charge >= 0.3 is 0 Å². The molecule has 0 bridgehead atoms. The molecule has 0 atom stereocenters. The van der Waals surface area contributed by atoms with Gasteiger partial charge in [-0.3, -0.25) is 0 Å². The second kappa shape index (κ2) is 6.24. The molecular formula is C15H23N3OSi. The van der Waals surface area contributed by atoms with Gasteiger partial charge in [-0.15, -0.1) is 0 Å². The number of allylic oxidation sites excluding steroid dienone is 3. The van der Waals surface area contributed by atoms with Gasteiger partial charge in [0, 0.05) is 12.2 Å². The fraction of sp³-hybridized carbons (Fsp3) is 0.400. The molecule has 0 saturated heterocycles. The third kappa shape index (κ3) is 3.49. The van der Waals surface area contributed by atoms with Gasteiger partial charge in [0.05, 0.1) is 5.69 Å². The summed E-state index contributed by atoms with van der Waals surface area (Å²) < 4.78 is 5.92. The summed E-state index contributed by atoms with van der Waals surface area (Å²) in [6.45, 7) is 8.87. The van der Waals surface area contributed by atoms with E-state index in [9.17, 15) is 0 Å². The molecule has 0 amide bonds. The Bertz CT molecular complexity index is 582. The van der Waals surface area contributed by atoms with Crippen LogP contribution in [0.4, 0.5) is 0 Å². The Morgan fingerprint density at radius 3 is 2.70 bits per heavy atom. The molecule has 20 heavy (non-hydrogen) atoms. The van der Waals surface area contributed by atoms with Crippen LogP contribution in [0, 0.1) is 13.8 Å². The summed E-state index contributed by atoms with van der Waals surface area (Å²) in [7, 11) is -1.09. The summed E-state index contributed by atoms with van der Waals surface area (Å²) in [5.41, 5.74) is 10.3. The minimum Gasteiger partial charge on any atom is -0.547 e. The third-order valence-electron chi connectivity index (χ3n) is 3.19. The summed E-state index contributed by atoms with van der Waals surface area (Å²) in [5.74, 6) is 1.92. The van der Waals surface area contributed by atoms with Crippen molar-refractivity contribution in [3.05, 3.63) is 46.3 Å². The molecule has 0 fully saturated rings. The van der Waals surface area contributed by atoms with Crippen LogP contribution in [-0.4, -0.2) is 25.6 Å². The van der Waals surface area contributed by atoms with E-state index < -0.39 is 9.04 Å². The van der Waals surface area contributed by atoms with Gasteiger partial charge < -0.3 is 15.1 Å². The van der Waals surface area contributed by atoms with E-state index in [1.165, 1.54) is 11.1 Å². The first-order valence-corrected chi connectivity index (χ1v) is 9.78. The number of aromatic nitrogens is 2. The van der Waals surface area contributed by atoms with Crippen LogP contribution in [-0.2, 0) is 4.43 Å². The summed E-state index contributed by atoms with van der Waals surface area (Å²) in [6, 6.07) is 0. The van der Waals surface area contributed by atoms with E-state index in [4.69, 9.17) is 10.2 Å². The van der Waals surface area contributed by atoms with Gasteiger partial charge in [-0.05, 0) is 56.7 Å². The van der Waals surface area contributed by atoms with Gasteiger partial charge in [0.1, 0.15) is 11.6 Å². The number of aryl methyl sites for hydroxylation is 2. The molecule has 0 radical (unpaired) electrons. The normalized spacial score (nSPS) is 17.4. The highest BCUT2D eigenvalue weighted by atomic mass is 28.3. The Morgan fingerprint density at radius 2 is 2.15 bits per heavy atom. The average Bonchev–Trinajstić information content (AvgIpc) is 2.69. The third-order valence-corrected chi connectivity index (χ3v) is 3.91. The maximum absolute atomic E-state index is 5.92. The van der Waals surface area contributed by atoms with Crippen LogP contribution in [0.5, 0.6) is 0 Å². The molecule has 0 aromatic carbocycles. The lowest BCUT2D eigenvalue weighted by Crippen LogP contribution is -2.14. The van der Waals surface area contributed by atoms with Crippen molar-refractivity contribution in [2.75, 3.05) is 6.54 Å². The fourth-order valence-corrected chi connectivity index (χ4v) is 3.04. The number of rotatable bonds is 4. The van der Waals surface area contributed by atoms with Gasteiger partial charge in [0.2, 0.25) is 9.04 Å². The average molecular weight is 289 g/mol. The van der Waals surface area contributed by atoms with E-state index in [2.05, 4.69) is 35.2 Å². The number of imidazole rings is 1. The molecule has 108 valence electrons. The van der Waals surface area contributed by atoms with Gasteiger partial charge in [-0.1, -0.05) is 6.08 Å². The van der Waals surface area contributed by atoms with Crippen molar-refractivity contribution in [3.63, 3.8) is 0 Å². The molecule has 4 nitrogen and oxygen atoms in total. The molecule has 1 aliphatic carbocycles. The predicted molar refractivity (Wildman–Crippen MR) is 85.8 cm³/mol. The van der Waals surface area contributed by atoms with E-state index in [-0.39, 0.29) is 0 Å². The maximum Gasteiger partial charge on any atom is 0.229 e. The first kappa shape index (κ1) is 14.8. The largest absolute Gasteiger partial charge is 0.547 e. The fourth-order valence-electron chi connectivity index (χ4n) is 2.29. The summed E-state index contributed by atoms with van der Waals surface area (Å²) in [6.07, 6.45) is 7.11. The second-order valence-corrected chi connectivity index (χ2v) is 7.73. The van der Waals surface area contributed by atoms with Gasteiger partial charge in [-0.25, -0.2) is 4.98 Å². The van der Waals surface area contributed by atoms with Crippen molar-refractivity contribution in [1.82, 2.24) is 9.97 Å². The molecule has 0 saturated carbocycles. The highest BCUT2D eigenvalue weighted by Gasteiger charge is 2.13. The first-order chi connectivity index (χ1) is 9.49. The van der Waals surface area contributed by atoms with Crippen LogP contribution in [0.3, 0.4) is 0 Å². The summed E-state index contributed by atoms with van der Waals surface area (Å²) in [4.78, 5) is 7.71. The Morgan fingerprint density at radius 1 is 1.40 bits per heavy atom. The first-order valence-electron chi connectivity index (χ1n) is 7.00. The number of aromatic amines is 1. The lowest BCUT2D eigenvalue weighted by molar-refractivity contribution is 0.449. The van der Waals surface area contributed by atoms with E-state index in [1.807, 2.05) is 19.9 Å². The van der Waals surface area contributed by atoms with Crippen LogP contribution in [0.1, 0.15) is 23.6 Å². The Hall–Kier alpha value is -1.59. The topological polar surface area (TPSA) is 63.9 Å². The second-order valence-electron chi connectivity index (χ2n) is 5.40. The molecule has 5 heteroatoms. The molecule has 2 rings (SSSR count). The van der Waals surface area contributed by atoms with Crippen LogP contribution in [0.2, 0.25) is 13.1 Å². The Labute approximate surface area is 122 Å². The summed E-state index contributed by atoms with van der Waals surface area (Å²) in [5, 5.41) is 0. The smallest absolute Gasteiger partial charge is 0.229 e. The SMILES string of the molecule is Cc1nc(C=C2C=CC(O[SiH](C)C)=C(CN)C2)c(C)[nH]1. The van der Waals surface area contributed by atoms with Crippen molar-refractivity contribution >= 4 is 15.1 Å². The number of H-pyrrole nitrogens is 1.